The Hall–Kier alpha value is -7.47. The lowest BCUT2D eigenvalue weighted by atomic mass is 9.81. The average molecular weight is 1650 g/mol. The Morgan fingerprint density at radius 1 is 0.679 bits per heavy atom. The van der Waals surface area contributed by atoms with Crippen LogP contribution in [0, 0.1) is 17.5 Å². The summed E-state index contributed by atoms with van der Waals surface area (Å²) in [6, 6.07) is 12.7. The molecule has 0 spiro atoms. The summed E-state index contributed by atoms with van der Waals surface area (Å²) < 4.78 is 255. The molecule has 38 heteroatoms. The van der Waals surface area contributed by atoms with E-state index in [4.69, 9.17) is 19.3 Å². The first-order chi connectivity index (χ1) is 50.9. The van der Waals surface area contributed by atoms with Gasteiger partial charge in [0.05, 0.1) is 68.9 Å². The van der Waals surface area contributed by atoms with E-state index in [1.165, 1.54) is 30.3 Å². The summed E-state index contributed by atoms with van der Waals surface area (Å²) in [4.78, 5) is 36.3. The second-order valence-corrected chi connectivity index (χ2v) is 37.5. The second kappa shape index (κ2) is 36.3. The number of hydrogen-bond donors (Lipinski definition) is 8. The molecule has 1 atom stereocenters. The maximum Gasteiger partial charge on any atom is 0.326 e. The fourth-order valence-corrected chi connectivity index (χ4v) is 18.0. The normalized spacial score (nSPS) is 17.7. The minimum atomic E-state index is -5.21. The quantitative estimate of drug-likeness (QED) is 0.00909. The van der Waals surface area contributed by atoms with E-state index in [0.717, 1.165) is 19.3 Å². The monoisotopic (exact) mass is 1640 g/mol. The van der Waals surface area contributed by atoms with E-state index in [2.05, 4.69) is 16.0 Å². The Balaban J connectivity index is 0.932. The van der Waals surface area contributed by atoms with E-state index in [-0.39, 0.29) is 100 Å². The first kappa shape index (κ1) is 87.1. The van der Waals surface area contributed by atoms with Crippen molar-refractivity contribution in [3.05, 3.63) is 142 Å². The third-order valence-electron chi connectivity index (χ3n) is 19.3. The molecular weight excluding hydrogens is 1550 g/mol. The number of hydrogen-bond acceptors (Lipinski definition) is 21. The Morgan fingerprint density at radius 2 is 1.29 bits per heavy atom. The van der Waals surface area contributed by atoms with Crippen LogP contribution in [-0.2, 0) is 101 Å². The van der Waals surface area contributed by atoms with E-state index in [1.807, 2.05) is 61.5 Å². The number of halogens is 3. The summed E-state index contributed by atoms with van der Waals surface area (Å²) in [5, 5.41) is 22.7. The van der Waals surface area contributed by atoms with Crippen LogP contribution in [0.15, 0.2) is 127 Å². The number of ether oxygens (including phenoxy) is 3. The highest BCUT2D eigenvalue weighted by atomic mass is 32.2. The van der Waals surface area contributed by atoms with Crippen molar-refractivity contribution >= 4 is 101 Å². The molecule has 8 rings (SSSR count). The van der Waals surface area contributed by atoms with Crippen molar-refractivity contribution < 1.29 is 120 Å². The van der Waals surface area contributed by atoms with Crippen LogP contribution in [0.3, 0.4) is 0 Å². The van der Waals surface area contributed by atoms with Crippen molar-refractivity contribution in [2.45, 2.75) is 179 Å². The van der Waals surface area contributed by atoms with Gasteiger partial charge in [0.25, 0.3) is 30.4 Å². The van der Waals surface area contributed by atoms with E-state index in [9.17, 15) is 88.2 Å². The van der Waals surface area contributed by atoms with Crippen molar-refractivity contribution in [3.63, 3.8) is 0 Å². The number of sulfonamides is 1. The molecule has 0 radical (unpaired) electrons. The Morgan fingerprint density at radius 3 is 1.92 bits per heavy atom. The SMILES string of the molecule is CC1(C)C(=CC=C2CCCC(C=CC3=[N+](CCCCS(=O)(=O)[O-])c4ccc(S(=O)(=O)O)cc4C3(C)C)=C2Oc2ccc(C[C@H](NC(=O)CCOCCOCCNC(=O)CCS(=O)(=O)c3c(F)c(F)c(S(N)(=O)=O)c(F)c3NC3CCCCCCC3)C(=O)O)cc2)N(CCCCS(=O)(=O)O)c2ccc(S(=O)(=O)O)cc21. The highest BCUT2D eigenvalue weighted by molar-refractivity contribution is 7.91. The number of nitrogens with one attached hydrogen (secondary N) is 3. The number of carbonyl (C=O) groups excluding carboxylic acids is 2. The number of aliphatic carboxylic acids is 1. The van der Waals surface area contributed by atoms with E-state index >= 15 is 13.2 Å². The third-order valence-corrected chi connectivity index (χ3v) is 25.2. The van der Waals surface area contributed by atoms with Gasteiger partial charge in [-0.15, -0.1) is 0 Å². The predicted molar refractivity (Wildman–Crippen MR) is 395 cm³/mol. The molecule has 109 heavy (non-hydrogen) atoms. The smallest absolute Gasteiger partial charge is 0.326 e. The van der Waals surface area contributed by atoms with Crippen molar-refractivity contribution in [1.29, 1.82) is 0 Å². The van der Waals surface area contributed by atoms with E-state index in [1.54, 1.807) is 30.3 Å². The molecule has 4 aliphatic rings. The number of carboxylic acid groups (broad SMARTS) is 1. The predicted octanol–water partition coefficient (Wildman–Crippen LogP) is 8.34. The number of amides is 2. The summed E-state index contributed by atoms with van der Waals surface area (Å²) in [5.41, 5.74) is 2.27. The first-order valence-electron chi connectivity index (χ1n) is 35.2. The highest BCUT2D eigenvalue weighted by Gasteiger charge is 2.46. The van der Waals surface area contributed by atoms with Crippen molar-refractivity contribution in [1.82, 2.24) is 10.6 Å². The minimum Gasteiger partial charge on any atom is -0.748 e. The number of anilines is 2. The first-order valence-corrected chi connectivity index (χ1v) is 44.5. The van der Waals surface area contributed by atoms with Gasteiger partial charge in [-0.25, -0.2) is 48.4 Å². The molecule has 2 amide bonds. The Bertz CT molecular complexity index is 4980. The topological polar surface area (TPSA) is 456 Å². The van der Waals surface area contributed by atoms with Gasteiger partial charge < -0.3 is 44.7 Å². The number of fused-ring (bicyclic) bond motifs is 2. The lowest BCUT2D eigenvalue weighted by molar-refractivity contribution is -0.438. The number of allylic oxidation sites excluding steroid dienone is 7. The van der Waals surface area contributed by atoms with Gasteiger partial charge in [0.1, 0.15) is 29.0 Å². The molecule has 0 unspecified atom stereocenters. The van der Waals surface area contributed by atoms with Crippen LogP contribution in [0.4, 0.5) is 30.2 Å². The Kier molecular flexibility index (Phi) is 29.0. The minimum absolute atomic E-state index is 0.0169. The van der Waals surface area contributed by atoms with Crippen LogP contribution >= 0.6 is 0 Å². The van der Waals surface area contributed by atoms with Crippen LogP contribution in [-0.4, -0.2) is 177 Å². The van der Waals surface area contributed by atoms with E-state index in [0.29, 0.717) is 101 Å². The zero-order chi connectivity index (χ0) is 80.2. The molecule has 4 aromatic carbocycles. The lowest BCUT2D eigenvalue weighted by Crippen LogP contribution is -2.42. The molecule has 9 N–H and O–H groups in total. The number of nitrogens with two attached hydrogens (primary N) is 1. The van der Waals surface area contributed by atoms with E-state index < -0.39 is 158 Å². The Labute approximate surface area is 633 Å². The van der Waals surface area contributed by atoms with Gasteiger partial charge in [0, 0.05) is 85.1 Å². The molecule has 2 heterocycles. The van der Waals surface area contributed by atoms with Crippen LogP contribution in [0.2, 0.25) is 0 Å². The molecule has 1 saturated carbocycles. The summed E-state index contributed by atoms with van der Waals surface area (Å²) in [6.45, 7) is 7.23. The van der Waals surface area contributed by atoms with Gasteiger partial charge in [0.2, 0.25) is 27.5 Å². The summed E-state index contributed by atoms with van der Waals surface area (Å²) in [5.74, 6) is -10.9. The number of unbranched alkanes of at least 4 members (excludes halogenated alkanes) is 2. The molecule has 0 aromatic heterocycles. The number of benzene rings is 4. The maximum absolute atomic E-state index is 15.8. The molecule has 600 valence electrons. The molecule has 29 nitrogen and oxygen atoms in total. The standard InChI is InChI=1S/C71H91F3N6O23S6/c1-70(2)53-44-51(108(95,96)97)25-27-56(53)79(34-10-12-40-105(87,88)89)58(70)29-21-47-15-14-16-48(22-30-59-71(3,4)54-45-52(109(98,99)100)26-28-57(54)80(59)35-11-13-41-106(90,91)92)66(47)103-50-23-19-46(20-24-50)43-55(69(83)84)78-61(82)31-36-101-38-39-102-37-33-76-60(81)32-42-104(85,86)68-63(73)62(72)67(107(75,93)94)64(74)65(68)77-49-17-8-6-5-7-9-18-49/h19-30,44-45,49,55,77H,5-18,31-43H2,1-4H3,(H8-,75,76,78,81,82,83,84,87,88,89,90,91,92,93,94,95,96,97,98,99,100)/t55-/m0/s1. The molecular formula is C71H91F3N6O23S6. The zero-order valence-electron chi connectivity index (χ0n) is 60.4. The van der Waals surface area contributed by atoms with Gasteiger partial charge in [-0.2, -0.15) is 29.8 Å². The number of primary sulfonamides is 1. The van der Waals surface area contributed by atoms with Gasteiger partial charge in [-0.3, -0.25) is 23.2 Å². The van der Waals surface area contributed by atoms with Crippen LogP contribution < -0.4 is 30.7 Å². The second-order valence-electron chi connectivity index (χ2n) is 28.0. The molecule has 0 saturated heterocycles. The molecule has 2 aliphatic carbocycles. The third kappa shape index (κ3) is 23.3. The lowest BCUT2D eigenvalue weighted by Gasteiger charge is -2.27. The number of carbonyl (C=O) groups is 3. The molecule has 1 fully saturated rings. The fraction of sp³-hybridized carbons (Fsp3) is 0.493. The number of rotatable bonds is 37. The molecule has 0 bridgehead atoms. The largest absolute Gasteiger partial charge is 0.748 e. The number of nitrogens with zero attached hydrogens (tertiary/aromatic N) is 2. The maximum atomic E-state index is 15.8. The summed E-state index contributed by atoms with van der Waals surface area (Å²) >= 11 is 0. The summed E-state index contributed by atoms with van der Waals surface area (Å²) in [6.07, 6.45) is 12.7. The average Bonchev–Trinajstić information content (AvgIpc) is 1.70. The highest BCUT2D eigenvalue weighted by Crippen LogP contribution is 2.50. The van der Waals surface area contributed by atoms with Gasteiger partial charge in [-0.05, 0) is 142 Å². The van der Waals surface area contributed by atoms with Crippen molar-refractivity contribution in [2.24, 2.45) is 5.14 Å². The van der Waals surface area contributed by atoms with Gasteiger partial charge in [-0.1, -0.05) is 64.2 Å². The molecule has 2 aliphatic heterocycles. The van der Waals surface area contributed by atoms with Crippen LogP contribution in [0.1, 0.15) is 147 Å². The zero-order valence-corrected chi connectivity index (χ0v) is 65.3. The molecule has 4 aromatic rings. The fourth-order valence-electron chi connectivity index (χ4n) is 13.7. The van der Waals surface area contributed by atoms with Crippen molar-refractivity contribution in [2.75, 3.05) is 73.5 Å². The van der Waals surface area contributed by atoms with Crippen LogP contribution in [0.25, 0.3) is 0 Å². The van der Waals surface area contributed by atoms with Gasteiger partial charge >= 0.3 is 5.97 Å². The van der Waals surface area contributed by atoms with Crippen LogP contribution in [0.5, 0.6) is 5.75 Å². The van der Waals surface area contributed by atoms with Crippen molar-refractivity contribution in [3.8, 4) is 5.75 Å². The number of carboxylic acids is 1. The summed E-state index contributed by atoms with van der Waals surface area (Å²) in [7, 11) is -28.4. The van der Waals surface area contributed by atoms with Gasteiger partial charge in [0.15, 0.2) is 37.9 Å². The number of sulfone groups is 1.